The first-order valence-electron chi connectivity index (χ1n) is 24.5. The Labute approximate surface area is 384 Å². The summed E-state index contributed by atoms with van der Waals surface area (Å²) < 4.78 is 23.8. The van der Waals surface area contributed by atoms with E-state index in [1.807, 2.05) is 12.1 Å². The predicted octanol–water partition coefficient (Wildman–Crippen LogP) is 7.21. The van der Waals surface area contributed by atoms with Gasteiger partial charge in [-0.2, -0.15) is 0 Å². The summed E-state index contributed by atoms with van der Waals surface area (Å²) in [6.07, 6.45) is 15.2. The fourth-order valence-corrected chi connectivity index (χ4v) is 16.9. The number of carbonyl (C=O) groups is 1. The maximum absolute atomic E-state index is 12.5. The lowest BCUT2D eigenvalue weighted by Gasteiger charge is -2.61. The average molecular weight is 897 g/mol. The van der Waals surface area contributed by atoms with E-state index in [-0.39, 0.29) is 46.4 Å². The van der Waals surface area contributed by atoms with Gasteiger partial charge in [-0.05, 0) is 141 Å². The summed E-state index contributed by atoms with van der Waals surface area (Å²) in [6, 6.07) is 11.1. The Kier molecular flexibility index (Phi) is 8.36. The zero-order chi connectivity index (χ0) is 45.6. The molecule has 15 rings (SSSR count). The van der Waals surface area contributed by atoms with Crippen molar-refractivity contribution in [3.05, 3.63) is 105 Å². The van der Waals surface area contributed by atoms with Crippen molar-refractivity contribution >= 4 is 5.78 Å². The first-order chi connectivity index (χ1) is 31.6. The lowest BCUT2D eigenvalue weighted by atomic mass is 9.44. The highest BCUT2D eigenvalue weighted by Gasteiger charge is 2.74. The van der Waals surface area contributed by atoms with Gasteiger partial charge in [0.15, 0.2) is 52.5 Å². The normalized spacial score (nSPS) is 42.8. The number of aliphatic hydroxyl groups is 3. The zero-order valence-electron chi connectivity index (χ0n) is 38.0. The van der Waals surface area contributed by atoms with Crippen LogP contribution in [-0.2, 0) is 45.0 Å². The molecule has 12 aliphatic rings. The highest BCUT2D eigenvalue weighted by molar-refractivity contribution is 5.90. The van der Waals surface area contributed by atoms with Crippen molar-refractivity contribution in [2.24, 2.45) is 35.5 Å². The first kappa shape index (κ1) is 41.2. The van der Waals surface area contributed by atoms with Crippen molar-refractivity contribution in [1.29, 1.82) is 0 Å². The van der Waals surface area contributed by atoms with Crippen molar-refractivity contribution < 1.29 is 54.4 Å². The highest BCUT2D eigenvalue weighted by atomic mass is 16.5. The third kappa shape index (κ3) is 4.64. The van der Waals surface area contributed by atoms with E-state index in [2.05, 4.69) is 39.0 Å². The Bertz CT molecular complexity index is 2740. The number of benzene rings is 3. The highest BCUT2D eigenvalue weighted by Crippen LogP contribution is 2.70. The number of hydrogen-bond acceptors (Lipinski definition) is 11. The Morgan fingerprint density at radius 1 is 0.652 bits per heavy atom. The molecule has 0 saturated heterocycles. The Morgan fingerprint density at radius 3 is 1.92 bits per heavy atom. The molecular weight excluding hydrogens is 837 g/mol. The fourth-order valence-electron chi connectivity index (χ4n) is 16.9. The minimum absolute atomic E-state index is 0.0708. The minimum Gasteiger partial charge on any atom is -0.504 e. The predicted molar refractivity (Wildman–Crippen MR) is 242 cm³/mol. The number of phenols is 3. The standard InChI is InChI=1S/C19H20O3.2C18H20O4/c1-10-7-8-19-13-4-6-15(21-2)18(19)22-17-14(20)5-3-11(16(17)19)9-12(10)13;2*1-9-4-6-17-14-10-2-3-12(19)15(14)22-16(17)13(20)5-7-18(17,21)11(9)8-10/h3-6,10,12,18,20H,7-9H2,1-2H3;2-3,9,11,16,19,21H,4-8H2,1H3;2-3,5,7,9,11,13,16,19-21H,4,6,8H2,1H3/t10?,12-,18-,19-;9?,11-,16-,17-,18+;9?,11-,13?,16-,17-,18+/m000/s1. The average Bonchev–Trinajstić information content (AvgIpc) is 3.98. The van der Waals surface area contributed by atoms with E-state index in [1.165, 1.54) is 23.1 Å². The van der Waals surface area contributed by atoms with E-state index in [0.717, 1.165) is 79.4 Å². The number of Topliss-reactive ketones (excluding diaryl/α,β-unsaturated/α-hetero) is 1. The number of aliphatic hydroxyl groups excluding tert-OH is 1. The number of methoxy groups -OCH3 is 1. The third-order valence-corrected chi connectivity index (χ3v) is 19.9. The molecule has 4 saturated carbocycles. The number of carbonyl (C=O) groups excluding carboxylic acids is 1. The van der Waals surface area contributed by atoms with Gasteiger partial charge in [0.1, 0.15) is 18.0 Å². The van der Waals surface area contributed by atoms with Gasteiger partial charge in [-0.25, -0.2) is 0 Å². The van der Waals surface area contributed by atoms with E-state index in [4.69, 9.17) is 18.9 Å². The van der Waals surface area contributed by atoms with Crippen molar-refractivity contribution in [2.75, 3.05) is 7.11 Å². The summed E-state index contributed by atoms with van der Waals surface area (Å²) in [6.45, 7) is 6.78. The summed E-state index contributed by atoms with van der Waals surface area (Å²) >= 11 is 0. The van der Waals surface area contributed by atoms with Gasteiger partial charge < -0.3 is 49.6 Å². The molecule has 6 N–H and O–H groups in total. The van der Waals surface area contributed by atoms with Crippen molar-refractivity contribution in [2.45, 2.75) is 143 Å². The second kappa shape index (κ2) is 13.4. The smallest absolute Gasteiger partial charge is 0.174 e. The van der Waals surface area contributed by atoms with Gasteiger partial charge >= 0.3 is 0 Å². The molecular formula is C55H60O11. The van der Waals surface area contributed by atoms with Gasteiger partial charge in [0.25, 0.3) is 0 Å². The molecule has 11 heteroatoms. The van der Waals surface area contributed by atoms with Gasteiger partial charge in [-0.1, -0.05) is 62.8 Å². The number of aromatic hydroxyl groups is 3. The maximum Gasteiger partial charge on any atom is 0.174 e. The molecule has 3 aliphatic heterocycles. The van der Waals surface area contributed by atoms with Gasteiger partial charge in [0, 0.05) is 23.1 Å². The molecule has 4 unspecified atom stereocenters. The number of rotatable bonds is 1. The summed E-state index contributed by atoms with van der Waals surface area (Å²) in [4.78, 5) is 12.5. The Hall–Kier alpha value is -4.97. The molecule has 0 amide bonds. The molecule has 3 heterocycles. The van der Waals surface area contributed by atoms with Crippen LogP contribution in [0.25, 0.3) is 0 Å². The number of ketones is 1. The second-order valence-corrected chi connectivity index (χ2v) is 22.2. The number of ether oxygens (including phenoxy) is 4. The number of hydrogen-bond donors (Lipinski definition) is 6. The third-order valence-electron chi connectivity index (χ3n) is 19.9. The lowest BCUT2D eigenvalue weighted by Crippen LogP contribution is -2.71. The molecule has 66 heavy (non-hydrogen) atoms. The summed E-state index contributed by atoms with van der Waals surface area (Å²) in [7, 11) is 1.71. The molecule has 346 valence electrons. The summed E-state index contributed by atoms with van der Waals surface area (Å²) in [5.74, 6) is 5.44. The van der Waals surface area contributed by atoms with Gasteiger partial charge in [-0.15, -0.1) is 0 Å². The molecule has 3 spiro atoms. The zero-order valence-corrected chi connectivity index (χ0v) is 38.0. The second-order valence-electron chi connectivity index (χ2n) is 22.2. The number of phenolic OH excluding ortho intramolecular Hbond substituents is 3. The van der Waals surface area contributed by atoms with Crippen LogP contribution in [0.1, 0.15) is 106 Å². The summed E-state index contributed by atoms with van der Waals surface area (Å²) in [5.41, 5.74) is 4.98. The first-order valence-corrected chi connectivity index (χ1v) is 24.5. The van der Waals surface area contributed by atoms with Crippen LogP contribution >= 0.6 is 0 Å². The van der Waals surface area contributed by atoms with Gasteiger partial charge in [0.05, 0.1) is 34.6 Å². The van der Waals surface area contributed by atoms with Crippen LogP contribution in [0, 0.1) is 35.5 Å². The molecule has 0 radical (unpaired) electrons. The molecule has 9 aliphatic carbocycles. The van der Waals surface area contributed by atoms with Crippen LogP contribution in [-0.4, -0.2) is 79.2 Å². The van der Waals surface area contributed by atoms with E-state index in [9.17, 15) is 35.4 Å². The fraction of sp³-hybridized carbons (Fsp3) is 0.545. The maximum atomic E-state index is 12.5. The van der Waals surface area contributed by atoms with E-state index >= 15 is 0 Å². The molecule has 0 aromatic heterocycles. The molecule has 11 nitrogen and oxygen atoms in total. The van der Waals surface area contributed by atoms with Crippen LogP contribution in [0.15, 0.2) is 72.0 Å². The van der Waals surface area contributed by atoms with Crippen LogP contribution in [0.3, 0.4) is 0 Å². The monoisotopic (exact) mass is 896 g/mol. The Morgan fingerprint density at radius 2 is 1.23 bits per heavy atom. The van der Waals surface area contributed by atoms with Crippen LogP contribution in [0.2, 0.25) is 0 Å². The van der Waals surface area contributed by atoms with E-state index in [1.54, 1.807) is 37.5 Å². The van der Waals surface area contributed by atoms with Crippen LogP contribution in [0.4, 0.5) is 0 Å². The topological polar surface area (TPSA) is 175 Å². The van der Waals surface area contributed by atoms with Gasteiger partial charge in [0.2, 0.25) is 0 Å². The number of allylic oxidation sites excluding steroid dienone is 2. The van der Waals surface area contributed by atoms with Crippen molar-refractivity contribution in [3.63, 3.8) is 0 Å². The van der Waals surface area contributed by atoms with Crippen molar-refractivity contribution in [1.82, 2.24) is 0 Å². The molecule has 3 aromatic rings. The van der Waals surface area contributed by atoms with Crippen LogP contribution in [0.5, 0.6) is 34.5 Å². The van der Waals surface area contributed by atoms with Crippen molar-refractivity contribution in [3.8, 4) is 34.5 Å². The van der Waals surface area contributed by atoms with E-state index < -0.39 is 40.3 Å². The lowest BCUT2D eigenvalue weighted by molar-refractivity contribution is -0.186. The van der Waals surface area contributed by atoms with Crippen LogP contribution < -0.4 is 14.2 Å². The minimum atomic E-state index is -0.999. The largest absolute Gasteiger partial charge is 0.504 e. The molecule has 15 atom stereocenters. The SMILES string of the molecule is CC1CC[C@]23c4c5ccc(O)c4O[C@H]2C(=O)CC[C@@]3(O)[C@H]1C5.CC1CC[C@]23c4c5ccc(O)c4O[C@H]2C(O)C=C[C@@]3(O)[C@H]1C5.COC1=CC=C2[C@H]3Cc4ccc(O)c5c4[C@@]2(CCC3C)[C@H]1O5. The van der Waals surface area contributed by atoms with E-state index in [0.29, 0.717) is 53.8 Å². The quantitative estimate of drug-likeness (QED) is 0.136. The molecule has 6 bridgehead atoms. The van der Waals surface area contributed by atoms with Gasteiger partial charge in [-0.3, -0.25) is 4.79 Å². The molecule has 3 aromatic carbocycles. The summed E-state index contributed by atoms with van der Waals surface area (Å²) in [5, 5.41) is 64.5. The molecule has 4 fully saturated rings. The Balaban J connectivity index is 0.0000000988.